The molecular formula is C11H10BrO7S-. The number of ether oxygens (including phenoxy) is 2. The number of halogens is 1. The van der Waals surface area contributed by atoms with Crippen LogP contribution in [-0.4, -0.2) is 37.3 Å². The lowest BCUT2D eigenvalue weighted by molar-refractivity contribution is -0.131. The minimum Gasteiger partial charge on any atom is -0.748 e. The predicted molar refractivity (Wildman–Crippen MR) is 70.3 cm³/mol. The molecule has 0 aliphatic carbocycles. The van der Waals surface area contributed by atoms with Crippen molar-refractivity contribution in [3.05, 3.63) is 28.2 Å². The summed E-state index contributed by atoms with van der Waals surface area (Å²) in [5.41, 5.74) is 0.0627. The predicted octanol–water partition coefficient (Wildman–Crippen LogP) is 1.08. The van der Waals surface area contributed by atoms with Gasteiger partial charge in [-0.2, -0.15) is 0 Å². The van der Waals surface area contributed by atoms with Crippen LogP contribution in [-0.2, 0) is 19.6 Å². The van der Waals surface area contributed by atoms with Crippen molar-refractivity contribution < 1.29 is 32.0 Å². The highest BCUT2D eigenvalue weighted by Crippen LogP contribution is 2.26. The van der Waals surface area contributed by atoms with Gasteiger partial charge in [0.1, 0.15) is 12.4 Å². The fourth-order valence-corrected chi connectivity index (χ4v) is 1.80. The van der Waals surface area contributed by atoms with Crippen LogP contribution in [0.5, 0.6) is 5.75 Å². The van der Waals surface area contributed by atoms with E-state index in [1.807, 2.05) is 0 Å². The lowest BCUT2D eigenvalue weighted by atomic mass is 10.2. The van der Waals surface area contributed by atoms with Gasteiger partial charge in [-0.3, -0.25) is 4.79 Å². The molecule has 0 unspecified atom stereocenters. The lowest BCUT2D eigenvalue weighted by Crippen LogP contribution is -2.15. The molecular weight excluding hydrogens is 356 g/mol. The zero-order valence-electron chi connectivity index (χ0n) is 10.3. The molecule has 110 valence electrons. The molecule has 9 heteroatoms. The highest BCUT2D eigenvalue weighted by atomic mass is 79.9. The van der Waals surface area contributed by atoms with Crippen molar-refractivity contribution in [1.29, 1.82) is 0 Å². The Morgan fingerprint density at radius 3 is 2.55 bits per heavy atom. The van der Waals surface area contributed by atoms with E-state index in [-0.39, 0.29) is 11.3 Å². The largest absolute Gasteiger partial charge is 0.748 e. The molecule has 0 fully saturated rings. The van der Waals surface area contributed by atoms with E-state index in [0.29, 0.717) is 4.47 Å². The van der Waals surface area contributed by atoms with Gasteiger partial charge < -0.3 is 14.0 Å². The van der Waals surface area contributed by atoms with E-state index in [1.54, 1.807) is 0 Å². The van der Waals surface area contributed by atoms with Crippen molar-refractivity contribution in [3.63, 3.8) is 0 Å². The highest BCUT2D eigenvalue weighted by molar-refractivity contribution is 9.10. The quantitative estimate of drug-likeness (QED) is 0.436. The van der Waals surface area contributed by atoms with Crippen LogP contribution < -0.4 is 4.74 Å². The van der Waals surface area contributed by atoms with Crippen molar-refractivity contribution in [2.75, 3.05) is 12.4 Å². The molecule has 0 spiro atoms. The Morgan fingerprint density at radius 1 is 1.35 bits per heavy atom. The molecule has 1 aromatic carbocycles. The van der Waals surface area contributed by atoms with Crippen molar-refractivity contribution in [2.45, 2.75) is 6.92 Å². The van der Waals surface area contributed by atoms with Crippen LogP contribution in [0.1, 0.15) is 17.3 Å². The first kappa shape index (κ1) is 16.6. The number of rotatable bonds is 5. The number of carbonyl (C=O) groups is 2. The normalized spacial score (nSPS) is 10.9. The second-order valence-corrected chi connectivity index (χ2v) is 6.01. The topological polar surface area (TPSA) is 110 Å². The average molecular weight is 366 g/mol. The third-order valence-corrected chi connectivity index (χ3v) is 3.31. The van der Waals surface area contributed by atoms with Crippen LogP contribution >= 0.6 is 15.9 Å². The van der Waals surface area contributed by atoms with Gasteiger partial charge in [0.2, 0.25) is 0 Å². The van der Waals surface area contributed by atoms with Gasteiger partial charge in [0.25, 0.3) is 0 Å². The highest BCUT2D eigenvalue weighted by Gasteiger charge is 2.12. The Labute approximate surface area is 123 Å². The minimum absolute atomic E-state index is 0.0627. The molecule has 20 heavy (non-hydrogen) atoms. The molecule has 0 saturated carbocycles. The standard InChI is InChI=1S/C11H11BrO7S/c1-7(13)19-10-6-8(2-3-9(10)12)11(14)18-4-5-20(15,16)17/h2-3,6H,4-5H2,1H3,(H,15,16,17)/p-1. The Bertz CT molecular complexity index is 624. The van der Waals surface area contributed by atoms with E-state index in [9.17, 15) is 22.6 Å². The summed E-state index contributed by atoms with van der Waals surface area (Å²) >= 11 is 3.14. The van der Waals surface area contributed by atoms with Gasteiger partial charge in [-0.05, 0) is 34.1 Å². The van der Waals surface area contributed by atoms with E-state index in [1.165, 1.54) is 25.1 Å². The fourth-order valence-electron chi connectivity index (χ4n) is 1.18. The van der Waals surface area contributed by atoms with Gasteiger partial charge in [-0.1, -0.05) is 0 Å². The fraction of sp³-hybridized carbons (Fsp3) is 0.273. The number of hydrogen-bond acceptors (Lipinski definition) is 7. The van der Waals surface area contributed by atoms with Gasteiger partial charge in [0.15, 0.2) is 0 Å². The molecule has 0 bridgehead atoms. The lowest BCUT2D eigenvalue weighted by Gasteiger charge is -2.09. The number of esters is 2. The van der Waals surface area contributed by atoms with Crippen molar-refractivity contribution in [2.24, 2.45) is 0 Å². The summed E-state index contributed by atoms with van der Waals surface area (Å²) in [6.45, 7) is 0.667. The zero-order chi connectivity index (χ0) is 15.3. The van der Waals surface area contributed by atoms with E-state index in [4.69, 9.17) is 4.74 Å². The van der Waals surface area contributed by atoms with Gasteiger partial charge >= 0.3 is 11.9 Å². The zero-order valence-corrected chi connectivity index (χ0v) is 12.7. The average Bonchev–Trinajstić information content (AvgIpc) is 2.29. The summed E-state index contributed by atoms with van der Waals surface area (Å²) in [6, 6.07) is 4.13. The second kappa shape index (κ2) is 6.82. The molecule has 0 aromatic heterocycles. The van der Waals surface area contributed by atoms with Crippen molar-refractivity contribution >= 4 is 38.0 Å². The first-order valence-corrected chi connectivity index (χ1v) is 7.65. The van der Waals surface area contributed by atoms with Crippen LogP contribution in [0.4, 0.5) is 0 Å². The maximum absolute atomic E-state index is 11.6. The maximum Gasteiger partial charge on any atom is 0.338 e. The Hall–Kier alpha value is -1.45. The van der Waals surface area contributed by atoms with Crippen LogP contribution in [0.2, 0.25) is 0 Å². The molecule has 0 aliphatic heterocycles. The van der Waals surface area contributed by atoms with Gasteiger partial charge in [0.05, 0.1) is 25.9 Å². The third-order valence-electron chi connectivity index (χ3n) is 1.99. The Morgan fingerprint density at radius 2 is 2.00 bits per heavy atom. The summed E-state index contributed by atoms with van der Waals surface area (Å²) in [5.74, 6) is -2.06. The molecule has 0 radical (unpaired) electrons. The van der Waals surface area contributed by atoms with Gasteiger partial charge in [0, 0.05) is 6.92 Å². The SMILES string of the molecule is CC(=O)Oc1cc(C(=O)OCCS(=O)(=O)[O-])ccc1Br. The second-order valence-electron chi connectivity index (χ2n) is 3.64. The molecule has 1 aromatic rings. The maximum atomic E-state index is 11.6. The summed E-state index contributed by atoms with van der Waals surface area (Å²) in [5, 5.41) is 0. The summed E-state index contributed by atoms with van der Waals surface area (Å²) < 4.78 is 41.0. The summed E-state index contributed by atoms with van der Waals surface area (Å²) in [4.78, 5) is 22.5. The monoisotopic (exact) mass is 365 g/mol. The molecule has 0 aliphatic rings. The molecule has 0 atom stereocenters. The van der Waals surface area contributed by atoms with E-state index >= 15 is 0 Å². The first-order chi connectivity index (χ1) is 9.19. The van der Waals surface area contributed by atoms with Gasteiger partial charge in [-0.25, -0.2) is 13.2 Å². The van der Waals surface area contributed by atoms with Crippen LogP contribution in [0, 0.1) is 0 Å². The van der Waals surface area contributed by atoms with E-state index in [2.05, 4.69) is 20.7 Å². The molecule has 1 rings (SSSR count). The van der Waals surface area contributed by atoms with E-state index in [0.717, 1.165) is 0 Å². The van der Waals surface area contributed by atoms with Crippen LogP contribution in [0.15, 0.2) is 22.7 Å². The van der Waals surface area contributed by atoms with Crippen molar-refractivity contribution in [1.82, 2.24) is 0 Å². The molecule has 7 nitrogen and oxygen atoms in total. The van der Waals surface area contributed by atoms with Crippen LogP contribution in [0.3, 0.4) is 0 Å². The number of hydrogen-bond donors (Lipinski definition) is 0. The summed E-state index contributed by atoms with van der Waals surface area (Å²) in [7, 11) is -4.44. The van der Waals surface area contributed by atoms with Gasteiger partial charge in [-0.15, -0.1) is 0 Å². The third kappa shape index (κ3) is 5.68. The Kier molecular flexibility index (Phi) is 5.66. The number of carbonyl (C=O) groups excluding carboxylic acids is 2. The molecule has 0 amide bonds. The summed E-state index contributed by atoms with van der Waals surface area (Å²) in [6.07, 6.45) is 0. The van der Waals surface area contributed by atoms with Crippen molar-refractivity contribution in [3.8, 4) is 5.75 Å². The smallest absolute Gasteiger partial charge is 0.338 e. The molecule has 0 N–H and O–H groups in total. The van der Waals surface area contributed by atoms with E-state index < -0.39 is 34.4 Å². The number of benzene rings is 1. The van der Waals surface area contributed by atoms with Crippen LogP contribution in [0.25, 0.3) is 0 Å². The molecule has 0 heterocycles. The first-order valence-electron chi connectivity index (χ1n) is 5.27. The molecule has 0 saturated heterocycles. The Balaban J connectivity index is 2.76. The minimum atomic E-state index is -4.44.